The van der Waals surface area contributed by atoms with Crippen molar-refractivity contribution in [2.24, 2.45) is 32.5 Å². The quantitative estimate of drug-likeness (QED) is 0.0392. The lowest BCUT2D eigenvalue weighted by atomic mass is 9.66. The zero-order valence-corrected chi connectivity index (χ0v) is 38.5. The molecule has 1 unspecified atom stereocenters. The Hall–Kier alpha value is -0.870. The summed E-state index contributed by atoms with van der Waals surface area (Å²) in [6, 6.07) is 0. The normalized spacial score (nSPS) is 14.5. The third-order valence-electron chi connectivity index (χ3n) is 12.2. The molecular weight excluding hydrogens is 639 g/mol. The van der Waals surface area contributed by atoms with Crippen LogP contribution < -0.4 is 0 Å². The van der Waals surface area contributed by atoms with Crippen LogP contribution in [-0.2, 0) is 14.3 Å². The van der Waals surface area contributed by atoms with Gasteiger partial charge in [-0.15, -0.1) is 0 Å². The summed E-state index contributed by atoms with van der Waals surface area (Å²) >= 11 is 0. The second-order valence-electron chi connectivity index (χ2n) is 21.7. The fraction of sp³-hybridized carbons (Fsp3) is 0.938. The van der Waals surface area contributed by atoms with E-state index in [9.17, 15) is 4.79 Å². The van der Waals surface area contributed by atoms with Gasteiger partial charge in [-0.05, 0) is 124 Å². The molecule has 0 aromatic carbocycles. The van der Waals surface area contributed by atoms with Gasteiger partial charge < -0.3 is 14.4 Å². The number of ether oxygens (including phenoxy) is 2. The third-order valence-corrected chi connectivity index (χ3v) is 12.2. The predicted molar refractivity (Wildman–Crippen MR) is 230 cm³/mol. The topological polar surface area (TPSA) is 38.8 Å². The molecular formula is C48H95NO3. The van der Waals surface area contributed by atoms with Crippen LogP contribution in [0.25, 0.3) is 0 Å². The predicted octanol–water partition coefficient (Wildman–Crippen LogP) is 14.6. The average Bonchev–Trinajstić information content (AvgIpc) is 2.98. The summed E-state index contributed by atoms with van der Waals surface area (Å²) < 4.78 is 12.3. The maximum absolute atomic E-state index is 12.4. The van der Waals surface area contributed by atoms with Gasteiger partial charge >= 0.3 is 5.97 Å². The highest BCUT2D eigenvalue weighted by Gasteiger charge is 2.37. The zero-order valence-electron chi connectivity index (χ0n) is 38.5. The van der Waals surface area contributed by atoms with E-state index in [2.05, 4.69) is 122 Å². The van der Waals surface area contributed by atoms with Gasteiger partial charge in [-0.2, -0.15) is 0 Å². The van der Waals surface area contributed by atoms with Gasteiger partial charge in [-0.3, -0.25) is 4.79 Å². The highest BCUT2D eigenvalue weighted by molar-refractivity contribution is 5.69. The van der Waals surface area contributed by atoms with Gasteiger partial charge in [0.25, 0.3) is 0 Å². The van der Waals surface area contributed by atoms with E-state index in [1.54, 1.807) is 0 Å². The molecule has 0 heterocycles. The van der Waals surface area contributed by atoms with Crippen molar-refractivity contribution < 1.29 is 14.3 Å². The van der Waals surface area contributed by atoms with Crippen LogP contribution >= 0.6 is 0 Å². The van der Waals surface area contributed by atoms with E-state index in [1.165, 1.54) is 70.6 Å². The number of unbranched alkanes of at least 4 members (excludes halogenated alkanes) is 5. The number of nitrogens with zero attached hydrogens (tertiary/aromatic N) is 1. The molecule has 0 rings (SSSR count). The van der Waals surface area contributed by atoms with Crippen molar-refractivity contribution in [3.63, 3.8) is 0 Å². The number of carbonyl (C=O) groups excluding carboxylic acids is 1. The lowest BCUT2D eigenvalue weighted by molar-refractivity contribution is -0.142. The second-order valence-corrected chi connectivity index (χ2v) is 21.7. The molecule has 0 aliphatic carbocycles. The molecule has 0 N–H and O–H groups in total. The molecule has 0 fully saturated rings. The van der Waals surface area contributed by atoms with Crippen molar-refractivity contribution in [3.05, 3.63) is 12.2 Å². The van der Waals surface area contributed by atoms with E-state index in [0.29, 0.717) is 30.0 Å². The highest BCUT2D eigenvalue weighted by Crippen LogP contribution is 2.44. The number of esters is 1. The van der Waals surface area contributed by atoms with Crippen molar-refractivity contribution >= 4 is 5.97 Å². The van der Waals surface area contributed by atoms with Crippen molar-refractivity contribution in [2.45, 2.75) is 225 Å². The van der Waals surface area contributed by atoms with Crippen LogP contribution in [0.15, 0.2) is 12.2 Å². The van der Waals surface area contributed by atoms with Crippen molar-refractivity contribution in [1.82, 2.24) is 4.90 Å². The molecule has 4 nitrogen and oxygen atoms in total. The molecule has 0 saturated heterocycles. The fourth-order valence-corrected chi connectivity index (χ4v) is 8.89. The first-order chi connectivity index (χ1) is 23.9. The first-order valence-electron chi connectivity index (χ1n) is 22.0. The number of carbonyl (C=O) groups is 1. The molecule has 0 aromatic heterocycles. The Balaban J connectivity index is 5.15. The lowest BCUT2D eigenvalue weighted by Crippen LogP contribution is -2.41. The Kier molecular flexibility index (Phi) is 24.2. The van der Waals surface area contributed by atoms with Crippen LogP contribution in [0.3, 0.4) is 0 Å². The van der Waals surface area contributed by atoms with E-state index in [-0.39, 0.29) is 27.6 Å². The number of allylic oxidation sites excluding steroid dienone is 1. The smallest absolute Gasteiger partial charge is 0.306 e. The summed E-state index contributed by atoms with van der Waals surface area (Å²) in [4.78, 5) is 14.7. The maximum atomic E-state index is 12.4. The van der Waals surface area contributed by atoms with Crippen molar-refractivity contribution in [3.8, 4) is 0 Å². The Morgan fingerprint density at radius 1 is 0.596 bits per heavy atom. The van der Waals surface area contributed by atoms with Gasteiger partial charge in [-0.1, -0.05) is 148 Å². The molecule has 0 aliphatic rings. The van der Waals surface area contributed by atoms with Crippen LogP contribution in [-0.4, -0.2) is 50.8 Å². The molecule has 0 radical (unpaired) electrons. The number of hydrogen-bond acceptors (Lipinski definition) is 4. The largest absolute Gasteiger partial charge is 0.461 e. The van der Waals surface area contributed by atoms with Crippen LogP contribution in [0.5, 0.6) is 0 Å². The second kappa shape index (κ2) is 24.6. The van der Waals surface area contributed by atoms with Crippen LogP contribution in [0.4, 0.5) is 0 Å². The van der Waals surface area contributed by atoms with E-state index in [4.69, 9.17) is 9.47 Å². The van der Waals surface area contributed by atoms with Gasteiger partial charge in [0.1, 0.15) is 6.61 Å². The highest BCUT2D eigenvalue weighted by atomic mass is 16.5. The summed E-state index contributed by atoms with van der Waals surface area (Å²) in [6.07, 6.45) is 26.5. The van der Waals surface area contributed by atoms with Crippen LogP contribution in [0, 0.1) is 32.5 Å². The molecule has 1 atom stereocenters. The van der Waals surface area contributed by atoms with Gasteiger partial charge in [0, 0.05) is 19.6 Å². The van der Waals surface area contributed by atoms with Crippen molar-refractivity contribution in [2.75, 3.05) is 33.9 Å². The van der Waals surface area contributed by atoms with E-state index in [0.717, 1.165) is 58.1 Å². The van der Waals surface area contributed by atoms with Gasteiger partial charge in [0.15, 0.2) is 0 Å². The van der Waals surface area contributed by atoms with Gasteiger partial charge in [0.2, 0.25) is 0 Å². The Morgan fingerprint density at radius 2 is 1.13 bits per heavy atom. The summed E-state index contributed by atoms with van der Waals surface area (Å²) in [5, 5.41) is 0. The minimum Gasteiger partial charge on any atom is -0.461 e. The molecule has 4 heteroatoms. The minimum absolute atomic E-state index is 0.0610. The Morgan fingerprint density at radius 3 is 1.69 bits per heavy atom. The summed E-state index contributed by atoms with van der Waals surface area (Å²) in [7, 11) is 4.37. The molecule has 0 amide bonds. The lowest BCUT2D eigenvalue weighted by Gasteiger charge is -2.43. The summed E-state index contributed by atoms with van der Waals surface area (Å²) in [5.41, 5.74) is 1.54. The molecule has 0 bridgehead atoms. The van der Waals surface area contributed by atoms with Crippen LogP contribution in [0.1, 0.15) is 219 Å². The minimum atomic E-state index is -0.0610. The SMILES string of the molecule is CCCCCCC=CCOC(=O)CCCC(C)(C)CC(C)(C)CCCC(CCC(C)(C)CC(C)(C)CCCC)OCCC(C)(C)C(C)(C)CN(C)C. The number of rotatable bonds is 32. The summed E-state index contributed by atoms with van der Waals surface area (Å²) in [5.74, 6) is -0.0610. The summed E-state index contributed by atoms with van der Waals surface area (Å²) in [6.45, 7) is 36.2. The first-order valence-corrected chi connectivity index (χ1v) is 22.0. The average molecular weight is 734 g/mol. The molecule has 0 aliphatic heterocycles. The first kappa shape index (κ1) is 51.1. The Labute approximate surface area is 327 Å². The maximum Gasteiger partial charge on any atom is 0.306 e. The van der Waals surface area contributed by atoms with Gasteiger partial charge in [0.05, 0.1) is 6.10 Å². The monoisotopic (exact) mass is 734 g/mol. The van der Waals surface area contributed by atoms with E-state index in [1.807, 2.05) is 6.08 Å². The fourth-order valence-electron chi connectivity index (χ4n) is 8.89. The van der Waals surface area contributed by atoms with Crippen molar-refractivity contribution in [1.29, 1.82) is 0 Å². The standard InChI is InChI=1S/C48H95NO3/c1-17-19-21-22-23-24-25-36-52-42(50)29-27-33-45(7,8)38-44(5,6)32-26-28-41(30-34-46(9,10)39-43(3,4)31-20-18-2)51-37-35-47(11,12)48(13,14)40-49(15)16/h24-25,41H,17-23,26-40H2,1-16H3. The molecule has 0 aromatic rings. The van der Waals surface area contributed by atoms with Gasteiger partial charge in [-0.25, -0.2) is 0 Å². The molecule has 52 heavy (non-hydrogen) atoms. The van der Waals surface area contributed by atoms with E-state index < -0.39 is 0 Å². The molecule has 0 spiro atoms. The van der Waals surface area contributed by atoms with E-state index >= 15 is 0 Å². The molecule has 0 saturated carbocycles. The molecule has 310 valence electrons. The number of hydrogen-bond donors (Lipinski definition) is 0. The van der Waals surface area contributed by atoms with Crippen LogP contribution in [0.2, 0.25) is 0 Å². The Bertz CT molecular complexity index is 955. The third kappa shape index (κ3) is 25.3. The zero-order chi connectivity index (χ0) is 40.1.